The molecule has 104 valence electrons. The lowest BCUT2D eigenvalue weighted by Crippen LogP contribution is -2.27. The van der Waals surface area contributed by atoms with Gasteiger partial charge in [-0.25, -0.2) is 4.98 Å². The van der Waals surface area contributed by atoms with E-state index >= 15 is 0 Å². The Hall–Kier alpha value is -2.30. The zero-order valence-corrected chi connectivity index (χ0v) is 11.4. The van der Waals surface area contributed by atoms with Gasteiger partial charge in [0, 0.05) is 30.4 Å². The van der Waals surface area contributed by atoms with Gasteiger partial charge in [0.15, 0.2) is 0 Å². The number of aryl methyl sites for hydroxylation is 1. The van der Waals surface area contributed by atoms with Gasteiger partial charge < -0.3 is 15.0 Å². The summed E-state index contributed by atoms with van der Waals surface area (Å²) in [7, 11) is 1.44. The van der Waals surface area contributed by atoms with Crippen LogP contribution in [0, 0.1) is 5.92 Å². The number of rotatable bonds is 2. The van der Waals surface area contributed by atoms with Gasteiger partial charge in [0.05, 0.1) is 18.7 Å². The van der Waals surface area contributed by atoms with Crippen LogP contribution in [0.3, 0.4) is 0 Å². The second-order valence-corrected chi connectivity index (χ2v) is 5.08. The molecule has 1 aromatic heterocycles. The molecule has 1 unspecified atom stereocenters. The maximum atomic E-state index is 11.6. The number of nitrogens with two attached hydrogens (primary N) is 1. The first-order valence-corrected chi connectivity index (χ1v) is 6.67. The number of anilines is 1. The highest BCUT2D eigenvalue weighted by molar-refractivity contribution is 5.72. The summed E-state index contributed by atoms with van der Waals surface area (Å²) in [6.45, 7) is 0.643. The molecule has 2 N–H and O–H groups in total. The molecule has 3 rings (SSSR count). The lowest BCUT2D eigenvalue weighted by atomic mass is 10.00. The van der Waals surface area contributed by atoms with Crippen molar-refractivity contribution >= 4 is 11.7 Å². The summed E-state index contributed by atoms with van der Waals surface area (Å²) < 4.78 is 6.88. The Bertz CT molecular complexity index is 631. The molecule has 0 bridgehead atoms. The summed E-state index contributed by atoms with van der Waals surface area (Å²) in [5.74, 6) is 0.816. The van der Waals surface area contributed by atoms with Crippen LogP contribution in [-0.2, 0) is 22.5 Å². The SMILES string of the molecule is COC(=O)C1CCc2nc(-c3ccc(N)cc3)cn2C1. The molecule has 1 aliphatic rings. The molecule has 0 radical (unpaired) electrons. The van der Waals surface area contributed by atoms with Crippen LogP contribution in [0.15, 0.2) is 30.5 Å². The van der Waals surface area contributed by atoms with E-state index in [1.165, 1.54) is 7.11 Å². The quantitative estimate of drug-likeness (QED) is 0.668. The average Bonchev–Trinajstić information content (AvgIpc) is 2.90. The summed E-state index contributed by atoms with van der Waals surface area (Å²) >= 11 is 0. The Morgan fingerprint density at radius 2 is 2.15 bits per heavy atom. The summed E-state index contributed by atoms with van der Waals surface area (Å²) in [5, 5.41) is 0. The highest BCUT2D eigenvalue weighted by Crippen LogP contribution is 2.26. The van der Waals surface area contributed by atoms with Crippen molar-refractivity contribution in [1.82, 2.24) is 9.55 Å². The fourth-order valence-corrected chi connectivity index (χ4v) is 2.60. The number of nitrogens with zero attached hydrogens (tertiary/aromatic N) is 2. The number of imidazole rings is 1. The second-order valence-electron chi connectivity index (χ2n) is 5.08. The van der Waals surface area contributed by atoms with Crippen LogP contribution in [0.25, 0.3) is 11.3 Å². The molecular weight excluding hydrogens is 254 g/mol. The maximum Gasteiger partial charge on any atom is 0.310 e. The summed E-state index contributed by atoms with van der Waals surface area (Å²) in [5.41, 5.74) is 8.39. The van der Waals surface area contributed by atoms with E-state index in [1.807, 2.05) is 30.5 Å². The lowest BCUT2D eigenvalue weighted by molar-refractivity contribution is -0.146. The molecule has 2 heterocycles. The van der Waals surface area contributed by atoms with E-state index < -0.39 is 0 Å². The van der Waals surface area contributed by atoms with Gasteiger partial charge in [-0.15, -0.1) is 0 Å². The predicted octanol–water partition coefficient (Wildman–Crippen LogP) is 1.87. The molecule has 1 aromatic carbocycles. The maximum absolute atomic E-state index is 11.6. The van der Waals surface area contributed by atoms with Gasteiger partial charge >= 0.3 is 5.97 Å². The Kier molecular flexibility index (Phi) is 3.18. The van der Waals surface area contributed by atoms with Crippen LogP contribution < -0.4 is 5.73 Å². The number of hydrogen-bond donors (Lipinski definition) is 1. The van der Waals surface area contributed by atoms with Crippen molar-refractivity contribution in [3.63, 3.8) is 0 Å². The van der Waals surface area contributed by atoms with Crippen molar-refractivity contribution in [1.29, 1.82) is 0 Å². The zero-order valence-electron chi connectivity index (χ0n) is 11.4. The van der Waals surface area contributed by atoms with Crippen molar-refractivity contribution in [3.8, 4) is 11.3 Å². The number of ether oxygens (including phenoxy) is 1. The van der Waals surface area contributed by atoms with E-state index in [-0.39, 0.29) is 11.9 Å². The first kappa shape index (κ1) is 12.7. The monoisotopic (exact) mass is 271 g/mol. The highest BCUT2D eigenvalue weighted by Gasteiger charge is 2.26. The summed E-state index contributed by atoms with van der Waals surface area (Å²) in [6.07, 6.45) is 3.59. The van der Waals surface area contributed by atoms with Crippen LogP contribution >= 0.6 is 0 Å². The normalized spacial score (nSPS) is 17.6. The van der Waals surface area contributed by atoms with Crippen molar-refractivity contribution in [2.75, 3.05) is 12.8 Å². The molecule has 0 amide bonds. The number of carbonyl (C=O) groups is 1. The van der Waals surface area contributed by atoms with Crippen molar-refractivity contribution in [2.24, 2.45) is 5.92 Å². The molecule has 0 spiro atoms. The third-order valence-corrected chi connectivity index (χ3v) is 3.73. The van der Waals surface area contributed by atoms with E-state index in [0.29, 0.717) is 6.54 Å². The smallest absolute Gasteiger partial charge is 0.310 e. The Morgan fingerprint density at radius 3 is 2.85 bits per heavy atom. The molecule has 5 nitrogen and oxygen atoms in total. The summed E-state index contributed by atoms with van der Waals surface area (Å²) in [4.78, 5) is 16.3. The van der Waals surface area contributed by atoms with Gasteiger partial charge in [-0.3, -0.25) is 4.79 Å². The fraction of sp³-hybridized carbons (Fsp3) is 0.333. The Balaban J connectivity index is 1.86. The fourth-order valence-electron chi connectivity index (χ4n) is 2.60. The first-order valence-electron chi connectivity index (χ1n) is 6.67. The first-order chi connectivity index (χ1) is 9.67. The van der Waals surface area contributed by atoms with Gasteiger partial charge in [0.1, 0.15) is 5.82 Å². The standard InChI is InChI=1S/C15H17N3O2/c1-20-15(19)11-4-7-14-17-13(9-18(14)8-11)10-2-5-12(16)6-3-10/h2-3,5-6,9,11H,4,7-8,16H2,1H3. The molecule has 0 saturated heterocycles. The molecule has 0 saturated carbocycles. The number of aromatic nitrogens is 2. The second kappa shape index (κ2) is 5.00. The van der Waals surface area contributed by atoms with Gasteiger partial charge in [0.25, 0.3) is 0 Å². The number of benzene rings is 1. The van der Waals surface area contributed by atoms with Crippen molar-refractivity contribution in [3.05, 3.63) is 36.3 Å². The van der Waals surface area contributed by atoms with E-state index in [1.54, 1.807) is 0 Å². The molecule has 0 aliphatic carbocycles. The number of nitrogen functional groups attached to an aromatic ring is 1. The third kappa shape index (κ3) is 2.27. The number of methoxy groups -OCH3 is 1. The molecular formula is C15H17N3O2. The Morgan fingerprint density at radius 1 is 1.40 bits per heavy atom. The van der Waals surface area contributed by atoms with E-state index in [4.69, 9.17) is 10.5 Å². The highest BCUT2D eigenvalue weighted by atomic mass is 16.5. The lowest BCUT2D eigenvalue weighted by Gasteiger charge is -2.21. The number of esters is 1. The predicted molar refractivity (Wildman–Crippen MR) is 75.9 cm³/mol. The van der Waals surface area contributed by atoms with Gasteiger partial charge in [0.2, 0.25) is 0 Å². The largest absolute Gasteiger partial charge is 0.469 e. The van der Waals surface area contributed by atoms with E-state index in [0.717, 1.165) is 35.6 Å². The average molecular weight is 271 g/mol. The molecule has 5 heteroatoms. The van der Waals surface area contributed by atoms with Gasteiger partial charge in [-0.1, -0.05) is 12.1 Å². The van der Waals surface area contributed by atoms with Crippen molar-refractivity contribution < 1.29 is 9.53 Å². The minimum absolute atomic E-state index is 0.0685. The Labute approximate surface area is 117 Å². The number of carbonyl (C=O) groups excluding carboxylic acids is 1. The van der Waals surface area contributed by atoms with Crippen molar-refractivity contribution in [2.45, 2.75) is 19.4 Å². The van der Waals surface area contributed by atoms with Gasteiger partial charge in [-0.2, -0.15) is 0 Å². The third-order valence-electron chi connectivity index (χ3n) is 3.73. The molecule has 20 heavy (non-hydrogen) atoms. The van der Waals surface area contributed by atoms with Crippen LogP contribution in [0.5, 0.6) is 0 Å². The van der Waals surface area contributed by atoms with Gasteiger partial charge in [-0.05, 0) is 18.6 Å². The number of hydrogen-bond acceptors (Lipinski definition) is 4. The van der Waals surface area contributed by atoms with Crippen LogP contribution in [0.1, 0.15) is 12.2 Å². The van der Waals surface area contributed by atoms with E-state index in [9.17, 15) is 4.79 Å². The molecule has 0 fully saturated rings. The molecule has 1 aliphatic heterocycles. The summed E-state index contributed by atoms with van der Waals surface area (Å²) in [6, 6.07) is 7.65. The number of fused-ring (bicyclic) bond motifs is 1. The topological polar surface area (TPSA) is 70.1 Å². The van der Waals surface area contributed by atoms with E-state index in [2.05, 4.69) is 9.55 Å². The zero-order chi connectivity index (χ0) is 14.1. The van der Waals surface area contributed by atoms with Crippen LogP contribution in [0.4, 0.5) is 5.69 Å². The minimum Gasteiger partial charge on any atom is -0.469 e. The molecule has 1 atom stereocenters. The van der Waals surface area contributed by atoms with Crippen LogP contribution in [-0.4, -0.2) is 22.6 Å². The molecule has 2 aromatic rings. The minimum atomic E-state index is -0.140. The van der Waals surface area contributed by atoms with Crippen LogP contribution in [0.2, 0.25) is 0 Å².